The molecule has 0 spiro atoms. The number of rotatable bonds is 7. The summed E-state index contributed by atoms with van der Waals surface area (Å²) in [6.07, 6.45) is -2.74. The van der Waals surface area contributed by atoms with Crippen molar-refractivity contribution in [3.63, 3.8) is 0 Å². The lowest BCUT2D eigenvalue weighted by Crippen LogP contribution is -2.15. The Labute approximate surface area is 162 Å². The van der Waals surface area contributed by atoms with Crippen molar-refractivity contribution in [3.8, 4) is 5.75 Å². The summed E-state index contributed by atoms with van der Waals surface area (Å²) in [7, 11) is 1.91. The first-order chi connectivity index (χ1) is 13.1. The fourth-order valence-corrected chi connectivity index (χ4v) is 2.47. The second-order valence-electron chi connectivity index (χ2n) is 6.51. The molecule has 2 aromatic carbocycles. The molecule has 150 valence electrons. The first-order valence-electron chi connectivity index (χ1n) is 8.80. The quantitative estimate of drug-likeness (QED) is 0.370. The minimum Gasteiger partial charge on any atom is -0.485 e. The van der Waals surface area contributed by atoms with Gasteiger partial charge in [0.2, 0.25) is 0 Å². The maximum Gasteiger partial charge on any atom is 0.416 e. The second kappa shape index (κ2) is 8.91. The Balaban J connectivity index is 2.13. The molecule has 0 aliphatic carbocycles. The molecule has 0 amide bonds. The summed E-state index contributed by atoms with van der Waals surface area (Å²) in [4.78, 5) is 18.8. The van der Waals surface area contributed by atoms with Gasteiger partial charge in [0.15, 0.2) is 12.4 Å². The largest absolute Gasteiger partial charge is 0.485 e. The maximum atomic E-state index is 12.8. The van der Waals surface area contributed by atoms with Crippen LogP contribution in [-0.4, -0.2) is 37.2 Å². The Morgan fingerprint density at radius 3 is 2.54 bits per heavy atom. The molecule has 0 aromatic heterocycles. The van der Waals surface area contributed by atoms with Crippen LogP contribution in [0.4, 0.5) is 18.9 Å². The van der Waals surface area contributed by atoms with E-state index in [1.807, 2.05) is 31.9 Å². The number of carbonyl (C=O) groups is 1. The summed E-state index contributed by atoms with van der Waals surface area (Å²) in [6, 6.07) is 8.02. The Kier molecular flexibility index (Phi) is 6.83. The smallest absolute Gasteiger partial charge is 0.416 e. The lowest BCUT2D eigenvalue weighted by Gasteiger charge is -2.12. The van der Waals surface area contributed by atoms with Crippen LogP contribution in [0.1, 0.15) is 34.0 Å². The van der Waals surface area contributed by atoms with Crippen molar-refractivity contribution in [1.29, 1.82) is 0 Å². The molecular weight excluding hydrogens is 369 g/mol. The number of aryl methyl sites for hydroxylation is 2. The van der Waals surface area contributed by atoms with E-state index in [-0.39, 0.29) is 18.1 Å². The highest BCUT2D eigenvalue weighted by Crippen LogP contribution is 2.31. The van der Waals surface area contributed by atoms with Crippen molar-refractivity contribution in [3.05, 3.63) is 58.7 Å². The number of benzene rings is 2. The number of ketones is 1. The Morgan fingerprint density at radius 2 is 1.89 bits per heavy atom. The zero-order valence-electron chi connectivity index (χ0n) is 16.3. The van der Waals surface area contributed by atoms with Crippen LogP contribution in [0.3, 0.4) is 0 Å². The Morgan fingerprint density at radius 1 is 1.18 bits per heavy atom. The first kappa shape index (κ1) is 21.5. The van der Waals surface area contributed by atoms with E-state index in [0.717, 1.165) is 35.5 Å². The second-order valence-corrected chi connectivity index (χ2v) is 6.51. The molecule has 0 radical (unpaired) electrons. The van der Waals surface area contributed by atoms with Gasteiger partial charge in [0.05, 0.1) is 17.6 Å². The third kappa shape index (κ3) is 5.58. The van der Waals surface area contributed by atoms with E-state index in [2.05, 4.69) is 4.99 Å². The van der Waals surface area contributed by atoms with Crippen LogP contribution in [0.5, 0.6) is 5.75 Å². The van der Waals surface area contributed by atoms with Crippen LogP contribution in [0.15, 0.2) is 41.4 Å². The maximum absolute atomic E-state index is 12.8. The van der Waals surface area contributed by atoms with E-state index in [9.17, 15) is 18.0 Å². The molecule has 7 heteroatoms. The number of carbonyl (C=O) groups excluding carboxylic acids is 1. The Bertz CT molecular complexity index is 876. The highest BCUT2D eigenvalue weighted by atomic mass is 19.4. The Hall–Kier alpha value is -2.83. The van der Waals surface area contributed by atoms with Crippen LogP contribution in [0.2, 0.25) is 0 Å². The molecular formula is C21H23F3N2O2. The minimum absolute atomic E-state index is 0.00127. The van der Waals surface area contributed by atoms with Crippen molar-refractivity contribution in [1.82, 2.24) is 4.90 Å². The lowest BCUT2D eigenvalue weighted by atomic mass is 10.0. The molecule has 2 aromatic rings. The van der Waals surface area contributed by atoms with Crippen LogP contribution < -0.4 is 4.74 Å². The lowest BCUT2D eigenvalue weighted by molar-refractivity contribution is -0.137. The number of hydrogen-bond acceptors (Lipinski definition) is 3. The van der Waals surface area contributed by atoms with Gasteiger partial charge >= 0.3 is 6.18 Å². The first-order valence-corrected chi connectivity index (χ1v) is 8.80. The summed E-state index contributed by atoms with van der Waals surface area (Å²) in [6.45, 7) is 6.13. The molecule has 28 heavy (non-hydrogen) atoms. The molecule has 0 N–H and O–H groups in total. The van der Waals surface area contributed by atoms with Gasteiger partial charge in [-0.3, -0.25) is 4.79 Å². The average molecular weight is 392 g/mol. The number of Topliss-reactive ketones (excluding diaryl/α,β-unsaturated/α-hetero) is 1. The fraction of sp³-hybridized carbons (Fsp3) is 0.333. The van der Waals surface area contributed by atoms with Gasteiger partial charge in [-0.05, 0) is 62.2 Å². The molecule has 0 aliphatic rings. The number of aliphatic imine (C=N–C) groups is 1. The van der Waals surface area contributed by atoms with Crippen molar-refractivity contribution in [2.75, 3.05) is 20.2 Å². The van der Waals surface area contributed by atoms with Gasteiger partial charge in [0.1, 0.15) is 5.75 Å². The van der Waals surface area contributed by atoms with E-state index < -0.39 is 11.7 Å². The summed E-state index contributed by atoms with van der Waals surface area (Å²) < 4.78 is 43.6. The van der Waals surface area contributed by atoms with Crippen LogP contribution >= 0.6 is 0 Å². The van der Waals surface area contributed by atoms with E-state index >= 15 is 0 Å². The summed E-state index contributed by atoms with van der Waals surface area (Å²) in [5.41, 5.74) is 1.97. The van der Waals surface area contributed by atoms with Crippen LogP contribution in [-0.2, 0) is 6.18 Å². The zero-order chi connectivity index (χ0) is 20.9. The van der Waals surface area contributed by atoms with Crippen molar-refractivity contribution >= 4 is 17.8 Å². The standard InChI is InChI=1S/C21H23F3N2O2/c1-5-26(4)13-25-19-10-14(2)18(9-15(19)3)20(27)12-28-17-8-6-7-16(11-17)21(22,23)24/h6-11,13H,5,12H2,1-4H3. The van der Waals surface area contributed by atoms with Crippen molar-refractivity contribution in [2.24, 2.45) is 4.99 Å². The number of hydrogen-bond donors (Lipinski definition) is 0. The van der Waals surface area contributed by atoms with Crippen molar-refractivity contribution < 1.29 is 22.7 Å². The molecule has 0 bridgehead atoms. The molecule has 0 heterocycles. The summed E-state index contributed by atoms with van der Waals surface area (Å²) >= 11 is 0. The molecule has 0 fully saturated rings. The van der Waals surface area contributed by atoms with Crippen LogP contribution in [0, 0.1) is 13.8 Å². The zero-order valence-corrected chi connectivity index (χ0v) is 16.3. The predicted molar refractivity (Wildman–Crippen MR) is 104 cm³/mol. The van der Waals surface area contributed by atoms with E-state index in [1.54, 1.807) is 19.3 Å². The van der Waals surface area contributed by atoms with Crippen molar-refractivity contribution in [2.45, 2.75) is 26.9 Å². The highest BCUT2D eigenvalue weighted by molar-refractivity contribution is 5.99. The molecule has 0 unspecified atom stereocenters. The van der Waals surface area contributed by atoms with Gasteiger partial charge in [0.25, 0.3) is 0 Å². The van der Waals surface area contributed by atoms with E-state index in [1.165, 1.54) is 12.1 Å². The van der Waals surface area contributed by atoms with Gasteiger partial charge in [0, 0.05) is 19.2 Å². The van der Waals surface area contributed by atoms with E-state index in [4.69, 9.17) is 4.74 Å². The van der Waals surface area contributed by atoms with Gasteiger partial charge in [-0.15, -0.1) is 0 Å². The third-order valence-corrected chi connectivity index (χ3v) is 4.27. The van der Waals surface area contributed by atoms with E-state index in [0.29, 0.717) is 5.56 Å². The molecule has 0 saturated carbocycles. The number of nitrogens with zero attached hydrogens (tertiary/aromatic N) is 2. The molecule has 0 aliphatic heterocycles. The molecule has 2 rings (SSSR count). The summed E-state index contributed by atoms with van der Waals surface area (Å²) in [5.74, 6) is -0.305. The van der Waals surface area contributed by atoms with Gasteiger partial charge < -0.3 is 9.64 Å². The molecule has 0 saturated heterocycles. The topological polar surface area (TPSA) is 41.9 Å². The number of halogens is 3. The van der Waals surface area contributed by atoms with Gasteiger partial charge in [-0.25, -0.2) is 4.99 Å². The molecule has 4 nitrogen and oxygen atoms in total. The number of ether oxygens (including phenoxy) is 1. The molecule has 0 atom stereocenters. The van der Waals surface area contributed by atoms with Gasteiger partial charge in [-0.1, -0.05) is 6.07 Å². The third-order valence-electron chi connectivity index (χ3n) is 4.27. The highest BCUT2D eigenvalue weighted by Gasteiger charge is 2.30. The number of alkyl halides is 3. The van der Waals surface area contributed by atoms with Gasteiger partial charge in [-0.2, -0.15) is 13.2 Å². The summed E-state index contributed by atoms with van der Waals surface area (Å²) in [5, 5.41) is 0. The normalized spacial score (nSPS) is 11.7. The average Bonchev–Trinajstić information content (AvgIpc) is 2.65. The SMILES string of the molecule is CCN(C)C=Nc1cc(C)c(C(=O)COc2cccc(C(F)(F)F)c2)cc1C. The monoisotopic (exact) mass is 392 g/mol. The predicted octanol–water partition coefficient (Wildman–Crippen LogP) is 5.20. The minimum atomic E-state index is -4.46. The van der Waals surface area contributed by atoms with Crippen LogP contribution in [0.25, 0.3) is 0 Å². The fourth-order valence-electron chi connectivity index (χ4n) is 2.47.